The Morgan fingerprint density at radius 3 is 2.59 bits per heavy atom. The van der Waals surface area contributed by atoms with Gasteiger partial charge in [0.2, 0.25) is 5.91 Å². The molecule has 0 fully saturated rings. The zero-order chi connectivity index (χ0) is 24.4. The third kappa shape index (κ3) is 4.58. The van der Waals surface area contributed by atoms with Crippen molar-refractivity contribution < 1.29 is 18.7 Å². The topological polar surface area (TPSA) is 84.7 Å². The van der Waals surface area contributed by atoms with Crippen LogP contribution in [0.4, 0.5) is 5.13 Å². The number of anilines is 1. The summed E-state index contributed by atoms with van der Waals surface area (Å²) in [4.78, 5) is 31.3. The first kappa shape index (κ1) is 23.3. The Labute approximate surface area is 201 Å². The van der Waals surface area contributed by atoms with Crippen LogP contribution in [-0.2, 0) is 4.79 Å². The van der Waals surface area contributed by atoms with Crippen LogP contribution >= 0.6 is 11.3 Å². The van der Waals surface area contributed by atoms with Crippen molar-refractivity contribution in [2.45, 2.75) is 13.8 Å². The van der Waals surface area contributed by atoms with Crippen LogP contribution in [0.25, 0.3) is 27.7 Å². The summed E-state index contributed by atoms with van der Waals surface area (Å²) in [5, 5.41) is 4.07. The molecule has 2 heterocycles. The molecular weight excluding hydrogens is 450 g/mol. The summed E-state index contributed by atoms with van der Waals surface area (Å²) in [6.07, 6.45) is 3.22. The number of rotatable bonds is 6. The van der Waals surface area contributed by atoms with Crippen molar-refractivity contribution in [1.29, 1.82) is 0 Å². The zero-order valence-corrected chi connectivity index (χ0v) is 20.4. The molecule has 0 aliphatic heterocycles. The first-order valence-corrected chi connectivity index (χ1v) is 11.4. The predicted molar refractivity (Wildman–Crippen MR) is 135 cm³/mol. The summed E-state index contributed by atoms with van der Waals surface area (Å²) < 4.78 is 11.3. The fraction of sp³-hybridized carbons (Fsp3) is 0.192. The fourth-order valence-electron chi connectivity index (χ4n) is 3.64. The van der Waals surface area contributed by atoms with E-state index in [1.807, 2.05) is 49.4 Å². The van der Waals surface area contributed by atoms with Crippen molar-refractivity contribution in [3.63, 3.8) is 0 Å². The number of carbonyl (C=O) groups is 2. The second-order valence-corrected chi connectivity index (χ2v) is 9.01. The van der Waals surface area contributed by atoms with Crippen LogP contribution in [0.5, 0.6) is 5.75 Å². The molecule has 0 spiro atoms. The SMILES string of the molecule is COc1cc2occ(-c3ccccc3)c2cc1/C(C)=C/C(=O)Nc1nc(C)c(C(=O)N(C)C)s1. The van der Waals surface area contributed by atoms with E-state index in [1.54, 1.807) is 34.4 Å². The Hall–Kier alpha value is -3.91. The van der Waals surface area contributed by atoms with Crippen LogP contribution in [0.15, 0.2) is 59.2 Å². The van der Waals surface area contributed by atoms with Gasteiger partial charge in [-0.25, -0.2) is 4.98 Å². The molecule has 0 saturated heterocycles. The number of nitrogens with one attached hydrogen (secondary N) is 1. The van der Waals surface area contributed by atoms with Gasteiger partial charge in [0.05, 0.1) is 19.1 Å². The molecule has 2 aromatic heterocycles. The monoisotopic (exact) mass is 475 g/mol. The van der Waals surface area contributed by atoms with E-state index in [1.165, 1.54) is 11.0 Å². The standard InChI is InChI=1S/C26H25N3O4S/c1-15(11-23(30)28-26-27-16(2)24(34-26)25(31)29(3)4)18-12-19-20(17-9-7-6-8-10-17)14-33-22(19)13-21(18)32-5/h6-14H,1-5H3,(H,27,28,30)/b15-11+. The van der Waals surface area contributed by atoms with Gasteiger partial charge in [-0.15, -0.1) is 0 Å². The smallest absolute Gasteiger partial charge is 0.265 e. The van der Waals surface area contributed by atoms with Crippen LogP contribution in [0.2, 0.25) is 0 Å². The normalized spacial score (nSPS) is 11.5. The molecule has 0 saturated carbocycles. The minimum absolute atomic E-state index is 0.144. The van der Waals surface area contributed by atoms with Crippen molar-refractivity contribution in [2.24, 2.45) is 0 Å². The molecule has 0 bridgehead atoms. The average Bonchev–Trinajstić information content (AvgIpc) is 3.40. The Morgan fingerprint density at radius 1 is 1.18 bits per heavy atom. The molecule has 0 aliphatic rings. The summed E-state index contributed by atoms with van der Waals surface area (Å²) in [5.74, 6) is 0.120. The first-order chi connectivity index (χ1) is 16.3. The minimum atomic E-state index is -0.340. The molecule has 0 radical (unpaired) electrons. The molecule has 0 atom stereocenters. The second kappa shape index (κ2) is 9.52. The van der Waals surface area contributed by atoms with Gasteiger partial charge < -0.3 is 14.1 Å². The largest absolute Gasteiger partial charge is 0.496 e. The summed E-state index contributed by atoms with van der Waals surface area (Å²) in [7, 11) is 4.94. The number of nitrogens with zero attached hydrogens (tertiary/aromatic N) is 2. The molecular formula is C26H25N3O4S. The Morgan fingerprint density at radius 2 is 1.91 bits per heavy atom. The van der Waals surface area contributed by atoms with E-state index in [4.69, 9.17) is 9.15 Å². The van der Waals surface area contributed by atoms with E-state index in [2.05, 4.69) is 10.3 Å². The first-order valence-electron chi connectivity index (χ1n) is 10.6. The van der Waals surface area contributed by atoms with Crippen molar-refractivity contribution in [2.75, 3.05) is 26.5 Å². The van der Waals surface area contributed by atoms with Gasteiger partial charge in [0.1, 0.15) is 16.2 Å². The predicted octanol–water partition coefficient (Wildman–Crippen LogP) is 5.62. The molecule has 1 N–H and O–H groups in total. The molecule has 34 heavy (non-hydrogen) atoms. The maximum Gasteiger partial charge on any atom is 0.265 e. The molecule has 4 aromatic rings. The van der Waals surface area contributed by atoms with Gasteiger partial charge in [-0.2, -0.15) is 0 Å². The van der Waals surface area contributed by atoms with E-state index in [0.717, 1.165) is 33.4 Å². The average molecular weight is 476 g/mol. The number of amides is 2. The van der Waals surface area contributed by atoms with Gasteiger partial charge in [-0.3, -0.25) is 14.9 Å². The quantitative estimate of drug-likeness (QED) is 0.366. The van der Waals surface area contributed by atoms with E-state index in [9.17, 15) is 9.59 Å². The number of hydrogen-bond donors (Lipinski definition) is 1. The van der Waals surface area contributed by atoms with E-state index < -0.39 is 0 Å². The molecule has 8 heteroatoms. The van der Waals surface area contributed by atoms with E-state index in [-0.39, 0.29) is 11.8 Å². The van der Waals surface area contributed by atoms with Crippen LogP contribution in [0.1, 0.15) is 27.9 Å². The molecule has 2 amide bonds. The van der Waals surface area contributed by atoms with Gasteiger partial charge in [0, 0.05) is 42.8 Å². The number of furan rings is 1. The lowest BCUT2D eigenvalue weighted by atomic mass is 9.99. The van der Waals surface area contributed by atoms with Crippen molar-refractivity contribution >= 4 is 44.8 Å². The summed E-state index contributed by atoms with van der Waals surface area (Å²) in [6, 6.07) is 13.8. The number of thiazole rings is 1. The number of ether oxygens (including phenoxy) is 1. The number of carbonyl (C=O) groups excluding carboxylic acids is 2. The van der Waals surface area contributed by atoms with E-state index in [0.29, 0.717) is 32.6 Å². The van der Waals surface area contributed by atoms with Crippen LogP contribution in [0.3, 0.4) is 0 Å². The van der Waals surface area contributed by atoms with Gasteiger partial charge in [-0.1, -0.05) is 41.7 Å². The van der Waals surface area contributed by atoms with Gasteiger partial charge in [0.25, 0.3) is 5.91 Å². The Kier molecular flexibility index (Phi) is 6.51. The molecule has 174 valence electrons. The molecule has 2 aromatic carbocycles. The van der Waals surface area contributed by atoms with Crippen LogP contribution in [-0.4, -0.2) is 42.9 Å². The zero-order valence-electron chi connectivity index (χ0n) is 19.6. The summed E-state index contributed by atoms with van der Waals surface area (Å²) >= 11 is 1.16. The van der Waals surface area contributed by atoms with Crippen LogP contribution < -0.4 is 10.1 Å². The maximum atomic E-state index is 12.7. The number of hydrogen-bond acceptors (Lipinski definition) is 6. The van der Waals surface area contributed by atoms with Crippen molar-refractivity contribution in [1.82, 2.24) is 9.88 Å². The molecule has 7 nitrogen and oxygen atoms in total. The number of methoxy groups -OCH3 is 1. The third-order valence-corrected chi connectivity index (χ3v) is 6.44. The molecule has 0 unspecified atom stereocenters. The highest BCUT2D eigenvalue weighted by atomic mass is 32.1. The highest BCUT2D eigenvalue weighted by molar-refractivity contribution is 7.17. The lowest BCUT2D eigenvalue weighted by Crippen LogP contribution is -2.21. The minimum Gasteiger partial charge on any atom is -0.496 e. The highest BCUT2D eigenvalue weighted by Crippen LogP contribution is 2.37. The number of allylic oxidation sites excluding steroid dienone is 1. The van der Waals surface area contributed by atoms with Gasteiger partial charge >= 0.3 is 0 Å². The summed E-state index contributed by atoms with van der Waals surface area (Å²) in [6.45, 7) is 3.60. The Bertz CT molecular complexity index is 1400. The van der Waals surface area contributed by atoms with Gasteiger partial charge in [0.15, 0.2) is 5.13 Å². The van der Waals surface area contributed by atoms with Gasteiger partial charge in [-0.05, 0) is 31.1 Å². The number of aromatic nitrogens is 1. The van der Waals surface area contributed by atoms with E-state index >= 15 is 0 Å². The maximum absolute atomic E-state index is 12.7. The number of benzene rings is 2. The van der Waals surface area contributed by atoms with Crippen molar-refractivity contribution in [3.8, 4) is 16.9 Å². The number of fused-ring (bicyclic) bond motifs is 1. The lowest BCUT2D eigenvalue weighted by molar-refractivity contribution is -0.111. The second-order valence-electron chi connectivity index (χ2n) is 8.01. The lowest BCUT2D eigenvalue weighted by Gasteiger charge is -2.10. The highest BCUT2D eigenvalue weighted by Gasteiger charge is 2.18. The molecule has 4 rings (SSSR count). The number of aryl methyl sites for hydroxylation is 1. The van der Waals surface area contributed by atoms with Crippen LogP contribution in [0, 0.1) is 6.92 Å². The van der Waals surface area contributed by atoms with Crippen molar-refractivity contribution in [3.05, 3.63) is 70.9 Å². The fourth-order valence-corrected chi connectivity index (χ4v) is 4.63. The Balaban J connectivity index is 1.64. The third-order valence-electron chi connectivity index (χ3n) is 5.38. The summed E-state index contributed by atoms with van der Waals surface area (Å²) in [5.41, 5.74) is 4.79. The molecule has 0 aliphatic carbocycles.